The van der Waals surface area contributed by atoms with Crippen LogP contribution in [-0.4, -0.2) is 35.1 Å². The fraction of sp³-hybridized carbons (Fsp3) is 0.400. The predicted molar refractivity (Wildman–Crippen MR) is 154 cm³/mol. The molecule has 0 spiro atoms. The molecule has 0 aliphatic heterocycles. The summed E-state index contributed by atoms with van der Waals surface area (Å²) >= 11 is 0. The van der Waals surface area contributed by atoms with Crippen LogP contribution in [-0.2, 0) is 34.4 Å². The first-order valence-electron chi connectivity index (χ1n) is 12.9. The van der Waals surface area contributed by atoms with E-state index in [4.69, 9.17) is 18.9 Å². The molecular weight excluding hydrogens is 520 g/mol. The molecule has 0 amide bonds. The Bertz CT molecular complexity index is 1190. The highest BCUT2D eigenvalue weighted by atomic mass is 32.2. The molecule has 38 heavy (non-hydrogen) atoms. The van der Waals surface area contributed by atoms with Gasteiger partial charge in [0, 0.05) is 29.7 Å². The summed E-state index contributed by atoms with van der Waals surface area (Å²) in [5.41, 5.74) is 1.90. The lowest BCUT2D eigenvalue weighted by atomic mass is 10.1. The van der Waals surface area contributed by atoms with E-state index in [1.165, 1.54) is 0 Å². The normalized spacial score (nSPS) is 12.6. The second-order valence-electron chi connectivity index (χ2n) is 8.94. The van der Waals surface area contributed by atoms with Crippen molar-refractivity contribution in [3.63, 3.8) is 0 Å². The van der Waals surface area contributed by atoms with E-state index in [9.17, 15) is 8.42 Å². The van der Waals surface area contributed by atoms with Crippen molar-refractivity contribution in [1.82, 2.24) is 0 Å². The van der Waals surface area contributed by atoms with Crippen molar-refractivity contribution < 1.29 is 27.4 Å². The van der Waals surface area contributed by atoms with E-state index in [1.807, 2.05) is 36.4 Å². The minimum Gasteiger partial charge on any atom is -0.496 e. The smallest absolute Gasteiger partial charge is 0.147 e. The second kappa shape index (κ2) is 14.4. The van der Waals surface area contributed by atoms with Crippen LogP contribution in [0.5, 0.6) is 34.5 Å². The lowest BCUT2D eigenvalue weighted by Gasteiger charge is -2.19. The fourth-order valence-corrected chi connectivity index (χ4v) is 5.64. The maximum Gasteiger partial charge on any atom is 0.147 e. The van der Waals surface area contributed by atoms with Crippen LogP contribution in [0.25, 0.3) is 0 Å². The van der Waals surface area contributed by atoms with Gasteiger partial charge in [-0.1, -0.05) is 38.8 Å². The van der Waals surface area contributed by atoms with E-state index in [2.05, 4.69) is 13.8 Å². The molecule has 2 unspecified atom stereocenters. The molecule has 3 aromatic rings. The molecular formula is C30H38O6S2. The molecule has 2 atom stereocenters. The Morgan fingerprint density at radius 1 is 0.605 bits per heavy atom. The third-order valence-electron chi connectivity index (χ3n) is 6.25. The quantitative estimate of drug-likeness (QED) is 0.205. The Hall–Kier alpha value is -2.84. The highest BCUT2D eigenvalue weighted by Crippen LogP contribution is 2.42. The van der Waals surface area contributed by atoms with Crippen molar-refractivity contribution in [1.29, 1.82) is 0 Å². The van der Waals surface area contributed by atoms with Crippen LogP contribution < -0.4 is 18.9 Å². The van der Waals surface area contributed by atoms with Crippen molar-refractivity contribution in [2.24, 2.45) is 0 Å². The summed E-state index contributed by atoms with van der Waals surface area (Å²) in [6.07, 6.45) is 8.73. The summed E-state index contributed by atoms with van der Waals surface area (Å²) in [7, 11) is 0.493. The van der Waals surface area contributed by atoms with Crippen LogP contribution in [0.4, 0.5) is 0 Å². The fourth-order valence-electron chi connectivity index (χ4n) is 4.23. The van der Waals surface area contributed by atoms with Gasteiger partial charge in [-0.05, 0) is 56.0 Å². The number of methoxy groups -OCH3 is 2. The average molecular weight is 559 g/mol. The zero-order chi connectivity index (χ0) is 27.7. The van der Waals surface area contributed by atoms with Crippen molar-refractivity contribution in [3.05, 3.63) is 59.7 Å². The van der Waals surface area contributed by atoms with Gasteiger partial charge >= 0.3 is 0 Å². The van der Waals surface area contributed by atoms with Crippen molar-refractivity contribution in [3.8, 4) is 34.5 Å². The van der Waals surface area contributed by atoms with E-state index < -0.39 is 21.6 Å². The van der Waals surface area contributed by atoms with Gasteiger partial charge in [0.25, 0.3) is 0 Å². The summed E-state index contributed by atoms with van der Waals surface area (Å²) in [4.78, 5) is 0.896. The number of rotatable bonds is 14. The Morgan fingerprint density at radius 3 is 1.34 bits per heavy atom. The Labute approximate surface area is 231 Å². The maximum absolute atomic E-state index is 12.8. The van der Waals surface area contributed by atoms with E-state index in [0.717, 1.165) is 61.2 Å². The molecule has 0 aliphatic rings. The molecule has 0 saturated carbocycles. The van der Waals surface area contributed by atoms with Crippen LogP contribution >= 0.6 is 0 Å². The number of unbranched alkanes of at least 4 members (excludes halogenated alkanes) is 2. The molecule has 0 N–H and O–H groups in total. The molecule has 0 saturated heterocycles. The Morgan fingerprint density at radius 2 is 1.00 bits per heavy atom. The zero-order valence-corrected chi connectivity index (χ0v) is 24.8. The van der Waals surface area contributed by atoms with Crippen LogP contribution in [0.3, 0.4) is 0 Å². The van der Waals surface area contributed by atoms with Gasteiger partial charge in [-0.25, -0.2) is 0 Å². The molecule has 6 nitrogen and oxygen atoms in total. The first-order valence-corrected chi connectivity index (χ1v) is 16.0. The molecule has 0 radical (unpaired) electrons. The van der Waals surface area contributed by atoms with Gasteiger partial charge in [0.05, 0.1) is 45.6 Å². The lowest BCUT2D eigenvalue weighted by molar-refractivity contribution is 0.395. The summed E-state index contributed by atoms with van der Waals surface area (Å²) < 4.78 is 49.6. The largest absolute Gasteiger partial charge is 0.496 e. The van der Waals surface area contributed by atoms with E-state index in [0.29, 0.717) is 32.8 Å². The highest BCUT2D eigenvalue weighted by molar-refractivity contribution is 7.85. The lowest BCUT2D eigenvalue weighted by Crippen LogP contribution is -2.03. The Balaban J connectivity index is 2.14. The summed E-state index contributed by atoms with van der Waals surface area (Å²) in [6, 6.07) is 14.7. The summed E-state index contributed by atoms with van der Waals surface area (Å²) in [5.74, 6) is 3.53. The van der Waals surface area contributed by atoms with Crippen LogP contribution in [0.2, 0.25) is 0 Å². The summed E-state index contributed by atoms with van der Waals surface area (Å²) in [5, 5.41) is 0. The molecule has 0 aliphatic carbocycles. The number of hydrogen-bond acceptors (Lipinski definition) is 6. The average Bonchev–Trinajstić information content (AvgIpc) is 2.91. The van der Waals surface area contributed by atoms with E-state index >= 15 is 0 Å². The van der Waals surface area contributed by atoms with Gasteiger partial charge in [-0.3, -0.25) is 8.42 Å². The highest BCUT2D eigenvalue weighted by Gasteiger charge is 2.21. The molecule has 3 aromatic carbocycles. The van der Waals surface area contributed by atoms with Crippen LogP contribution in [0.15, 0.2) is 58.3 Å². The molecule has 206 valence electrons. The minimum atomic E-state index is -1.39. The van der Waals surface area contributed by atoms with Gasteiger partial charge in [0.15, 0.2) is 0 Å². The number of ether oxygens (including phenoxy) is 4. The Kier molecular flexibility index (Phi) is 11.2. The van der Waals surface area contributed by atoms with Crippen molar-refractivity contribution in [2.75, 3.05) is 26.7 Å². The molecule has 0 aromatic heterocycles. The first kappa shape index (κ1) is 29.7. The molecule has 0 fully saturated rings. The minimum absolute atomic E-state index is 0.388. The topological polar surface area (TPSA) is 71.1 Å². The standard InChI is InChI=1S/C30H38O6S2/c1-7-9-13-21-23(33-3)15-11-17-25(21)35-27-19-28(30(38(6)32)20-29(27)37(5)31)36-26-18-12-16-24(34-4)22(26)14-10-8-2/h11-12,15-20H,7-10,13-14H2,1-6H3. The second-order valence-corrected chi connectivity index (χ2v) is 11.6. The third-order valence-corrected chi connectivity index (χ3v) is 8.13. The van der Waals surface area contributed by atoms with Crippen molar-refractivity contribution >= 4 is 21.6 Å². The van der Waals surface area contributed by atoms with Crippen LogP contribution in [0.1, 0.15) is 50.7 Å². The van der Waals surface area contributed by atoms with E-state index in [1.54, 1.807) is 38.9 Å². The third kappa shape index (κ3) is 7.17. The SMILES string of the molecule is CCCCc1c(OC)cccc1Oc1cc(Oc2cccc(OC)c2CCCC)c(S(C)=O)cc1S(C)=O. The van der Waals surface area contributed by atoms with E-state index in [-0.39, 0.29) is 0 Å². The van der Waals surface area contributed by atoms with Gasteiger partial charge in [-0.2, -0.15) is 0 Å². The monoisotopic (exact) mass is 558 g/mol. The van der Waals surface area contributed by atoms with Crippen molar-refractivity contribution in [2.45, 2.75) is 62.2 Å². The van der Waals surface area contributed by atoms with Gasteiger partial charge in [-0.15, -0.1) is 0 Å². The molecule has 0 bridgehead atoms. The van der Waals surface area contributed by atoms with Gasteiger partial charge < -0.3 is 18.9 Å². The van der Waals surface area contributed by atoms with Gasteiger partial charge in [0.1, 0.15) is 34.5 Å². The molecule has 0 heterocycles. The van der Waals surface area contributed by atoms with Crippen LogP contribution in [0, 0.1) is 0 Å². The predicted octanol–water partition coefficient (Wildman–Crippen LogP) is 7.45. The molecule has 8 heteroatoms. The molecule has 3 rings (SSSR count). The summed E-state index contributed by atoms with van der Waals surface area (Å²) in [6.45, 7) is 4.27. The van der Waals surface area contributed by atoms with Gasteiger partial charge in [0.2, 0.25) is 0 Å². The zero-order valence-electron chi connectivity index (χ0n) is 23.1. The first-order chi connectivity index (χ1) is 18.3. The maximum atomic E-state index is 12.8. The number of hydrogen-bond donors (Lipinski definition) is 0. The number of benzene rings is 3.